The van der Waals surface area contributed by atoms with Crippen LogP contribution in [-0.4, -0.2) is 30.0 Å². The van der Waals surface area contributed by atoms with Crippen LogP contribution in [0.5, 0.6) is 0 Å². The predicted molar refractivity (Wildman–Crippen MR) is 75.0 cm³/mol. The van der Waals surface area contributed by atoms with Crippen molar-refractivity contribution >= 4 is 10.4 Å². The van der Waals surface area contributed by atoms with Gasteiger partial charge in [0.15, 0.2) is 0 Å². The molecule has 0 aromatic heterocycles. The van der Waals surface area contributed by atoms with Crippen LogP contribution in [0.15, 0.2) is 11.6 Å². The highest BCUT2D eigenvalue weighted by Gasteiger charge is 2.02. The van der Waals surface area contributed by atoms with Gasteiger partial charge in [-0.2, -0.15) is 0 Å². The molecule has 4 N–H and O–H groups in total. The summed E-state index contributed by atoms with van der Waals surface area (Å²) in [4.78, 5) is 3.34. The zero-order chi connectivity index (χ0) is 12.2. The molecule has 0 heterocycles. The third-order valence-corrected chi connectivity index (χ3v) is 2.66. The predicted octanol–water partition coefficient (Wildman–Crippen LogP) is -0.0182. The summed E-state index contributed by atoms with van der Waals surface area (Å²) in [5, 5.41) is 10.3. The minimum Gasteiger partial charge on any atom is -0.403 e. The second-order valence-electron chi connectivity index (χ2n) is 3.78. The van der Waals surface area contributed by atoms with E-state index in [4.69, 9.17) is 0 Å². The van der Waals surface area contributed by atoms with Crippen molar-refractivity contribution in [2.45, 2.75) is 40.0 Å². The van der Waals surface area contributed by atoms with Gasteiger partial charge in [0.2, 0.25) is 0 Å². The standard InChI is InChI=1S/C11H28N4Si/c1-4-7-12-10(13-8-5-2)11(15-16)14-9-6-3/h12-15H,4-9H2,1-3,16H3. The number of rotatable bonds is 10. The molecule has 16 heavy (non-hydrogen) atoms. The van der Waals surface area contributed by atoms with E-state index < -0.39 is 0 Å². The van der Waals surface area contributed by atoms with Gasteiger partial charge in [-0.3, -0.25) is 0 Å². The molecular weight excluding hydrogens is 216 g/mol. The summed E-state index contributed by atoms with van der Waals surface area (Å²) in [6.45, 7) is 9.56. The SMILES string of the molecule is CCCNC(N[SiH3])=C(NCCC)NCCC. The van der Waals surface area contributed by atoms with Gasteiger partial charge in [0.05, 0.1) is 0 Å². The molecule has 0 aliphatic carbocycles. The first-order valence-corrected chi connectivity index (χ1v) is 7.43. The van der Waals surface area contributed by atoms with Crippen LogP contribution in [0.1, 0.15) is 40.0 Å². The van der Waals surface area contributed by atoms with Crippen molar-refractivity contribution in [2.24, 2.45) is 0 Å². The third kappa shape index (κ3) is 6.61. The second-order valence-corrected chi connectivity index (χ2v) is 4.28. The fourth-order valence-corrected chi connectivity index (χ4v) is 1.72. The zero-order valence-electron chi connectivity index (χ0n) is 11.2. The molecule has 0 amide bonds. The smallest absolute Gasteiger partial charge is 0.139 e. The molecule has 5 heteroatoms. The molecule has 0 fully saturated rings. The normalized spacial score (nSPS) is 9.69. The van der Waals surface area contributed by atoms with Gasteiger partial charge in [-0.25, -0.2) is 0 Å². The molecule has 0 unspecified atom stereocenters. The maximum Gasteiger partial charge on any atom is 0.139 e. The van der Waals surface area contributed by atoms with Crippen molar-refractivity contribution in [3.05, 3.63) is 11.6 Å². The zero-order valence-corrected chi connectivity index (χ0v) is 13.2. The Morgan fingerprint density at radius 1 is 0.750 bits per heavy atom. The average molecular weight is 244 g/mol. The lowest BCUT2D eigenvalue weighted by molar-refractivity contribution is 0.618. The van der Waals surface area contributed by atoms with Crippen LogP contribution in [0.2, 0.25) is 0 Å². The monoisotopic (exact) mass is 244 g/mol. The molecule has 96 valence electrons. The molecule has 0 rings (SSSR count). The lowest BCUT2D eigenvalue weighted by Gasteiger charge is -2.19. The van der Waals surface area contributed by atoms with Crippen LogP contribution in [0.25, 0.3) is 0 Å². The first-order valence-electron chi connectivity index (χ1n) is 6.43. The van der Waals surface area contributed by atoms with Gasteiger partial charge in [-0.15, -0.1) is 0 Å². The van der Waals surface area contributed by atoms with Gasteiger partial charge >= 0.3 is 0 Å². The molecule has 4 nitrogen and oxygen atoms in total. The summed E-state index contributed by atoms with van der Waals surface area (Å²) in [6.07, 6.45) is 3.42. The van der Waals surface area contributed by atoms with E-state index >= 15 is 0 Å². The summed E-state index contributed by atoms with van der Waals surface area (Å²) < 4.78 is 0. The lowest BCUT2D eigenvalue weighted by atomic mass is 10.4. The van der Waals surface area contributed by atoms with Gasteiger partial charge in [0.1, 0.15) is 22.0 Å². The quantitative estimate of drug-likeness (QED) is 0.408. The van der Waals surface area contributed by atoms with Crippen LogP contribution in [-0.2, 0) is 0 Å². The van der Waals surface area contributed by atoms with Crippen molar-refractivity contribution < 1.29 is 0 Å². The molecule has 0 spiro atoms. The van der Waals surface area contributed by atoms with Crippen molar-refractivity contribution in [2.75, 3.05) is 19.6 Å². The summed E-state index contributed by atoms with van der Waals surface area (Å²) in [5.41, 5.74) is 0. The van der Waals surface area contributed by atoms with Crippen LogP contribution in [0.3, 0.4) is 0 Å². The molecule has 0 aromatic rings. The Kier molecular flexibility index (Phi) is 10.1. The molecule has 0 bridgehead atoms. The molecule has 0 aromatic carbocycles. The average Bonchev–Trinajstić information content (AvgIpc) is 2.32. The molecule has 0 aliphatic rings. The Hall–Kier alpha value is -0.843. The lowest BCUT2D eigenvalue weighted by Crippen LogP contribution is -2.37. The van der Waals surface area contributed by atoms with Crippen LogP contribution in [0.4, 0.5) is 0 Å². The first-order chi connectivity index (χ1) is 7.79. The molecule has 0 aliphatic heterocycles. The number of nitrogens with one attached hydrogen (secondary N) is 4. The van der Waals surface area contributed by atoms with E-state index in [1.807, 2.05) is 0 Å². The minimum absolute atomic E-state index is 0.954. The van der Waals surface area contributed by atoms with E-state index in [1.165, 1.54) is 0 Å². The molecular formula is C11H28N4Si. The molecule has 0 saturated carbocycles. The maximum atomic E-state index is 3.43. The fourth-order valence-electron chi connectivity index (χ4n) is 1.29. The van der Waals surface area contributed by atoms with E-state index in [1.54, 1.807) is 0 Å². The Balaban J connectivity index is 4.39. The largest absolute Gasteiger partial charge is 0.403 e. The van der Waals surface area contributed by atoms with Crippen LogP contribution in [0, 0.1) is 0 Å². The van der Waals surface area contributed by atoms with Crippen LogP contribution >= 0.6 is 0 Å². The third-order valence-electron chi connectivity index (χ3n) is 2.16. The Labute approximate surface area is 103 Å². The Morgan fingerprint density at radius 2 is 1.12 bits per heavy atom. The highest BCUT2D eigenvalue weighted by molar-refractivity contribution is 6.05. The minimum atomic E-state index is 0.954. The summed E-state index contributed by atoms with van der Waals surface area (Å²) in [5.74, 6) is 2.24. The van der Waals surface area contributed by atoms with Gasteiger partial charge in [-0.1, -0.05) is 20.8 Å². The summed E-state index contributed by atoms with van der Waals surface area (Å²) in [7, 11) is 0.954. The van der Waals surface area contributed by atoms with Gasteiger partial charge in [0.25, 0.3) is 0 Å². The van der Waals surface area contributed by atoms with E-state index in [9.17, 15) is 0 Å². The van der Waals surface area contributed by atoms with Crippen LogP contribution < -0.4 is 20.9 Å². The first kappa shape index (κ1) is 15.2. The van der Waals surface area contributed by atoms with Gasteiger partial charge < -0.3 is 20.9 Å². The van der Waals surface area contributed by atoms with E-state index in [0.29, 0.717) is 0 Å². The fraction of sp³-hybridized carbons (Fsp3) is 0.818. The van der Waals surface area contributed by atoms with Crippen molar-refractivity contribution in [3.8, 4) is 0 Å². The van der Waals surface area contributed by atoms with Crippen molar-refractivity contribution in [1.82, 2.24) is 20.9 Å². The number of hydrogen-bond acceptors (Lipinski definition) is 4. The van der Waals surface area contributed by atoms with E-state index in [2.05, 4.69) is 41.7 Å². The van der Waals surface area contributed by atoms with Gasteiger partial charge in [0, 0.05) is 19.6 Å². The Bertz CT molecular complexity index is 184. The maximum absolute atomic E-state index is 3.43. The highest BCUT2D eigenvalue weighted by atomic mass is 28.2. The van der Waals surface area contributed by atoms with E-state index in [0.717, 1.165) is 60.9 Å². The highest BCUT2D eigenvalue weighted by Crippen LogP contribution is 1.92. The second kappa shape index (κ2) is 10.7. The van der Waals surface area contributed by atoms with Gasteiger partial charge in [-0.05, 0) is 19.3 Å². The molecule has 0 radical (unpaired) electrons. The van der Waals surface area contributed by atoms with E-state index in [-0.39, 0.29) is 0 Å². The van der Waals surface area contributed by atoms with Crippen molar-refractivity contribution in [1.29, 1.82) is 0 Å². The molecule has 0 saturated heterocycles. The summed E-state index contributed by atoms with van der Waals surface area (Å²) >= 11 is 0. The topological polar surface area (TPSA) is 48.1 Å². The Morgan fingerprint density at radius 3 is 1.44 bits per heavy atom. The summed E-state index contributed by atoms with van der Waals surface area (Å²) in [6, 6.07) is 0. The molecule has 0 atom stereocenters. The number of hydrogen-bond donors (Lipinski definition) is 4. The van der Waals surface area contributed by atoms with Crippen molar-refractivity contribution in [3.63, 3.8) is 0 Å².